The van der Waals surface area contributed by atoms with Gasteiger partial charge in [-0.25, -0.2) is 4.39 Å². The zero-order valence-corrected chi connectivity index (χ0v) is 11.6. The summed E-state index contributed by atoms with van der Waals surface area (Å²) in [4.78, 5) is 24.4. The lowest BCUT2D eigenvalue weighted by molar-refractivity contribution is -0.171. The molecule has 0 amide bonds. The predicted molar refractivity (Wildman–Crippen MR) is 69.5 cm³/mol. The number of ether oxygens (including phenoxy) is 2. The number of fused-ring (bicyclic) bond motifs is 1. The standard InChI is InChI=1S/C15H17FO4/c1-3-19-13(17)15(14(18)20-4-2)8-10-5-6-12(16)7-11(10)9-15/h5-7H,3-4,8-9H2,1-2H3. The van der Waals surface area contributed by atoms with Crippen molar-refractivity contribution in [1.29, 1.82) is 0 Å². The molecule has 0 unspecified atom stereocenters. The molecule has 5 heteroatoms. The van der Waals surface area contributed by atoms with Gasteiger partial charge < -0.3 is 9.47 Å². The van der Waals surface area contributed by atoms with Crippen LogP contribution in [0.2, 0.25) is 0 Å². The Kier molecular flexibility index (Phi) is 4.06. The zero-order chi connectivity index (χ0) is 14.8. The number of halogens is 1. The van der Waals surface area contributed by atoms with E-state index in [0.717, 1.165) is 5.56 Å². The van der Waals surface area contributed by atoms with E-state index in [1.807, 2.05) is 0 Å². The maximum absolute atomic E-state index is 13.3. The highest BCUT2D eigenvalue weighted by Crippen LogP contribution is 2.39. The molecule has 0 heterocycles. The van der Waals surface area contributed by atoms with Crippen LogP contribution < -0.4 is 0 Å². The Bertz CT molecular complexity index is 521. The van der Waals surface area contributed by atoms with E-state index in [-0.39, 0.29) is 31.9 Å². The van der Waals surface area contributed by atoms with Gasteiger partial charge in [-0.05, 0) is 49.9 Å². The molecule has 0 atom stereocenters. The number of hydrogen-bond acceptors (Lipinski definition) is 4. The molecular weight excluding hydrogens is 263 g/mol. The van der Waals surface area contributed by atoms with Crippen LogP contribution in [0.15, 0.2) is 18.2 Å². The second-order valence-corrected chi connectivity index (χ2v) is 4.79. The molecule has 20 heavy (non-hydrogen) atoms. The van der Waals surface area contributed by atoms with E-state index in [2.05, 4.69) is 0 Å². The average Bonchev–Trinajstić information content (AvgIpc) is 2.79. The van der Waals surface area contributed by atoms with Crippen LogP contribution >= 0.6 is 0 Å². The van der Waals surface area contributed by atoms with Crippen molar-refractivity contribution in [2.24, 2.45) is 5.41 Å². The highest BCUT2D eigenvalue weighted by Gasteiger charge is 2.52. The van der Waals surface area contributed by atoms with Gasteiger partial charge in [0.15, 0.2) is 5.41 Å². The summed E-state index contributed by atoms with van der Waals surface area (Å²) in [6.45, 7) is 3.73. The minimum atomic E-state index is -1.37. The third-order valence-corrected chi connectivity index (χ3v) is 3.49. The van der Waals surface area contributed by atoms with Crippen molar-refractivity contribution in [1.82, 2.24) is 0 Å². The molecule has 0 saturated heterocycles. The molecule has 1 aromatic carbocycles. The Labute approximate surface area is 116 Å². The van der Waals surface area contributed by atoms with Gasteiger partial charge in [-0.15, -0.1) is 0 Å². The van der Waals surface area contributed by atoms with Crippen molar-refractivity contribution in [3.05, 3.63) is 35.1 Å². The SMILES string of the molecule is CCOC(=O)C1(C(=O)OCC)Cc2ccc(F)cc2C1. The van der Waals surface area contributed by atoms with Gasteiger partial charge in [-0.2, -0.15) is 0 Å². The first-order valence-corrected chi connectivity index (χ1v) is 6.65. The summed E-state index contributed by atoms with van der Waals surface area (Å²) in [7, 11) is 0. The third kappa shape index (κ3) is 2.40. The first kappa shape index (κ1) is 14.5. The Morgan fingerprint density at radius 3 is 2.20 bits per heavy atom. The maximum Gasteiger partial charge on any atom is 0.324 e. The molecule has 1 aliphatic carbocycles. The number of esters is 2. The first-order valence-electron chi connectivity index (χ1n) is 6.65. The van der Waals surface area contributed by atoms with Gasteiger partial charge in [0.05, 0.1) is 13.2 Å². The topological polar surface area (TPSA) is 52.6 Å². The Balaban J connectivity index is 2.37. The molecule has 1 aliphatic rings. The summed E-state index contributed by atoms with van der Waals surface area (Å²) < 4.78 is 23.3. The zero-order valence-electron chi connectivity index (χ0n) is 11.6. The van der Waals surface area contributed by atoms with E-state index in [9.17, 15) is 14.0 Å². The Morgan fingerprint density at radius 1 is 1.10 bits per heavy atom. The summed E-state index contributed by atoms with van der Waals surface area (Å²) >= 11 is 0. The van der Waals surface area contributed by atoms with Gasteiger partial charge in [0.2, 0.25) is 0 Å². The quantitative estimate of drug-likeness (QED) is 0.625. The molecule has 0 N–H and O–H groups in total. The van der Waals surface area contributed by atoms with Crippen LogP contribution in [0.3, 0.4) is 0 Å². The van der Waals surface area contributed by atoms with Crippen molar-refractivity contribution >= 4 is 11.9 Å². The van der Waals surface area contributed by atoms with Crippen molar-refractivity contribution < 1.29 is 23.5 Å². The predicted octanol–water partition coefficient (Wildman–Crippen LogP) is 2.04. The second-order valence-electron chi connectivity index (χ2n) is 4.79. The average molecular weight is 280 g/mol. The molecule has 0 fully saturated rings. The number of hydrogen-bond donors (Lipinski definition) is 0. The molecule has 0 bridgehead atoms. The van der Waals surface area contributed by atoms with Gasteiger partial charge in [0, 0.05) is 0 Å². The lowest BCUT2D eigenvalue weighted by Gasteiger charge is -2.23. The van der Waals surface area contributed by atoms with E-state index < -0.39 is 17.4 Å². The molecule has 0 aromatic heterocycles. The molecule has 4 nitrogen and oxygen atoms in total. The summed E-state index contributed by atoms with van der Waals surface area (Å²) in [5.74, 6) is -1.59. The Morgan fingerprint density at radius 2 is 1.65 bits per heavy atom. The van der Waals surface area contributed by atoms with Crippen LogP contribution in [0.25, 0.3) is 0 Å². The fraction of sp³-hybridized carbons (Fsp3) is 0.467. The normalized spacial score (nSPS) is 15.6. The van der Waals surface area contributed by atoms with Crippen molar-refractivity contribution in [2.45, 2.75) is 26.7 Å². The van der Waals surface area contributed by atoms with Gasteiger partial charge in [0.25, 0.3) is 0 Å². The van der Waals surface area contributed by atoms with Crippen molar-refractivity contribution in [3.63, 3.8) is 0 Å². The molecule has 0 radical (unpaired) electrons. The summed E-state index contributed by atoms with van der Waals surface area (Å²) in [5, 5.41) is 0. The van der Waals surface area contributed by atoms with Crippen LogP contribution in [-0.4, -0.2) is 25.2 Å². The van der Waals surface area contributed by atoms with Crippen LogP contribution in [0.4, 0.5) is 4.39 Å². The first-order chi connectivity index (χ1) is 9.53. The molecule has 0 aliphatic heterocycles. The lowest BCUT2D eigenvalue weighted by Crippen LogP contribution is -2.43. The smallest absolute Gasteiger partial charge is 0.324 e. The van der Waals surface area contributed by atoms with Crippen LogP contribution in [-0.2, 0) is 31.9 Å². The van der Waals surface area contributed by atoms with Crippen LogP contribution in [0.1, 0.15) is 25.0 Å². The number of carbonyl (C=O) groups excluding carboxylic acids is 2. The Hall–Kier alpha value is -1.91. The van der Waals surface area contributed by atoms with Crippen molar-refractivity contribution in [3.8, 4) is 0 Å². The number of rotatable bonds is 4. The second kappa shape index (κ2) is 5.61. The highest BCUT2D eigenvalue weighted by molar-refractivity contribution is 6.01. The van der Waals surface area contributed by atoms with Gasteiger partial charge in [-0.3, -0.25) is 9.59 Å². The van der Waals surface area contributed by atoms with Crippen LogP contribution in [0, 0.1) is 11.2 Å². The summed E-state index contributed by atoms with van der Waals surface area (Å²) in [5.41, 5.74) is 0.0703. The number of benzene rings is 1. The van der Waals surface area contributed by atoms with Gasteiger partial charge in [0.1, 0.15) is 5.82 Å². The number of carbonyl (C=O) groups is 2. The molecule has 108 valence electrons. The largest absolute Gasteiger partial charge is 0.465 e. The molecular formula is C15H17FO4. The van der Waals surface area contributed by atoms with E-state index in [1.54, 1.807) is 19.9 Å². The maximum atomic E-state index is 13.3. The van der Waals surface area contributed by atoms with Crippen molar-refractivity contribution in [2.75, 3.05) is 13.2 Å². The molecule has 1 aromatic rings. The van der Waals surface area contributed by atoms with E-state index in [4.69, 9.17) is 9.47 Å². The summed E-state index contributed by atoms with van der Waals surface area (Å²) in [6.07, 6.45) is 0.317. The molecule has 0 saturated carbocycles. The van der Waals surface area contributed by atoms with Crippen LogP contribution in [0.5, 0.6) is 0 Å². The van der Waals surface area contributed by atoms with Gasteiger partial charge in [-0.1, -0.05) is 6.07 Å². The van der Waals surface area contributed by atoms with E-state index in [0.29, 0.717) is 5.56 Å². The minimum Gasteiger partial charge on any atom is -0.465 e. The fourth-order valence-electron chi connectivity index (χ4n) is 2.55. The third-order valence-electron chi connectivity index (χ3n) is 3.49. The fourth-order valence-corrected chi connectivity index (χ4v) is 2.55. The van der Waals surface area contributed by atoms with E-state index >= 15 is 0 Å². The highest BCUT2D eigenvalue weighted by atomic mass is 19.1. The monoisotopic (exact) mass is 280 g/mol. The lowest BCUT2D eigenvalue weighted by atomic mass is 9.85. The molecule has 2 rings (SSSR count). The van der Waals surface area contributed by atoms with E-state index in [1.165, 1.54) is 12.1 Å². The minimum absolute atomic E-state index is 0.123. The summed E-state index contributed by atoms with van der Waals surface area (Å²) in [6, 6.07) is 4.28. The molecule has 0 spiro atoms. The van der Waals surface area contributed by atoms with Gasteiger partial charge >= 0.3 is 11.9 Å².